The Morgan fingerprint density at radius 2 is 1.84 bits per heavy atom. The molecule has 8 nitrogen and oxygen atoms in total. The van der Waals surface area contributed by atoms with Crippen LogP contribution >= 0.6 is 11.6 Å². The first-order valence-corrected chi connectivity index (χ1v) is 7.72. The molecule has 0 unspecified atom stereocenters. The number of nitrogens with zero attached hydrogens (tertiary/aromatic N) is 4. The molecule has 0 aliphatic carbocycles. The number of carboxylic acids is 1. The fourth-order valence-electron chi connectivity index (χ4n) is 2.21. The molecule has 128 valence electrons. The summed E-state index contributed by atoms with van der Waals surface area (Å²) < 4.78 is 2.83. The van der Waals surface area contributed by atoms with Crippen LogP contribution in [0.1, 0.15) is 16.1 Å². The zero-order valence-electron chi connectivity index (χ0n) is 13.0. The van der Waals surface area contributed by atoms with Crippen molar-refractivity contribution >= 4 is 29.3 Å². The number of carbonyl (C=O) groups is 2. The molecule has 0 spiro atoms. The number of hydrogen-bond donors (Lipinski definition) is 2. The van der Waals surface area contributed by atoms with Crippen molar-refractivity contribution in [3.63, 3.8) is 0 Å². The number of benzene rings is 1. The smallest absolute Gasteiger partial charge is 0.325 e. The Morgan fingerprint density at radius 1 is 1.08 bits per heavy atom. The maximum absolute atomic E-state index is 12.1. The van der Waals surface area contributed by atoms with E-state index in [4.69, 9.17) is 16.7 Å². The second kappa shape index (κ2) is 7.18. The lowest BCUT2D eigenvalue weighted by molar-refractivity contribution is -0.137. The van der Waals surface area contributed by atoms with Gasteiger partial charge in [-0.05, 0) is 17.7 Å². The Hall–Kier alpha value is -3.13. The summed E-state index contributed by atoms with van der Waals surface area (Å²) in [5.41, 5.74) is 1.03. The molecule has 0 radical (unpaired) electrons. The molecule has 0 fully saturated rings. The molecule has 0 saturated heterocycles. The topological polar surface area (TPSA) is 102 Å². The first-order valence-electron chi connectivity index (χ1n) is 7.35. The van der Waals surface area contributed by atoms with Crippen LogP contribution in [0.25, 0.3) is 0 Å². The molecule has 3 aromatic rings. The van der Waals surface area contributed by atoms with Crippen LogP contribution in [0.5, 0.6) is 0 Å². The predicted molar refractivity (Wildman–Crippen MR) is 90.6 cm³/mol. The van der Waals surface area contributed by atoms with Crippen LogP contribution in [0, 0.1) is 0 Å². The van der Waals surface area contributed by atoms with Crippen LogP contribution < -0.4 is 5.32 Å². The minimum atomic E-state index is -1.03. The van der Waals surface area contributed by atoms with Gasteiger partial charge in [0.2, 0.25) is 0 Å². The van der Waals surface area contributed by atoms with Gasteiger partial charge in [0.25, 0.3) is 5.91 Å². The van der Waals surface area contributed by atoms with Crippen LogP contribution in [-0.4, -0.2) is 36.5 Å². The van der Waals surface area contributed by atoms with E-state index in [1.54, 1.807) is 23.0 Å². The lowest BCUT2D eigenvalue weighted by Crippen LogP contribution is -2.15. The molecule has 1 aromatic carbocycles. The maximum Gasteiger partial charge on any atom is 0.325 e. The predicted octanol–water partition coefficient (Wildman–Crippen LogP) is 2.12. The molecule has 3 rings (SSSR count). The van der Waals surface area contributed by atoms with Gasteiger partial charge in [-0.2, -0.15) is 10.2 Å². The minimum Gasteiger partial charge on any atom is -0.480 e. The SMILES string of the molecule is O=C(O)Cn1ccc(C(=O)Nc2ccn(Cc3ccccc3Cl)n2)n1. The molecule has 0 saturated carbocycles. The van der Waals surface area contributed by atoms with Crippen molar-refractivity contribution in [1.29, 1.82) is 0 Å². The standard InChI is InChI=1S/C16H14ClN5O3/c17-12-4-2-1-3-11(12)9-21-8-6-14(20-21)18-16(25)13-5-7-22(19-13)10-15(23)24/h1-8H,9-10H2,(H,23,24)(H,18,20,25). The van der Waals surface area contributed by atoms with E-state index < -0.39 is 11.9 Å². The van der Waals surface area contributed by atoms with Crippen molar-refractivity contribution in [3.8, 4) is 0 Å². The van der Waals surface area contributed by atoms with Crippen molar-refractivity contribution in [2.45, 2.75) is 13.1 Å². The van der Waals surface area contributed by atoms with Crippen molar-refractivity contribution in [2.75, 3.05) is 5.32 Å². The number of amides is 1. The molecule has 25 heavy (non-hydrogen) atoms. The van der Waals surface area contributed by atoms with Crippen LogP contribution in [0.3, 0.4) is 0 Å². The van der Waals surface area contributed by atoms with E-state index in [1.807, 2.05) is 18.2 Å². The van der Waals surface area contributed by atoms with E-state index in [9.17, 15) is 9.59 Å². The van der Waals surface area contributed by atoms with E-state index in [2.05, 4.69) is 15.5 Å². The molecule has 1 amide bonds. The van der Waals surface area contributed by atoms with Crippen LogP contribution in [0.15, 0.2) is 48.8 Å². The van der Waals surface area contributed by atoms with Crippen LogP contribution in [0.2, 0.25) is 5.02 Å². The highest BCUT2D eigenvalue weighted by Crippen LogP contribution is 2.16. The number of rotatable bonds is 6. The fraction of sp³-hybridized carbons (Fsp3) is 0.125. The van der Waals surface area contributed by atoms with E-state index in [-0.39, 0.29) is 12.2 Å². The lowest BCUT2D eigenvalue weighted by atomic mass is 10.2. The molecular formula is C16H14ClN5O3. The van der Waals surface area contributed by atoms with Gasteiger partial charge in [-0.3, -0.25) is 19.0 Å². The molecule has 9 heteroatoms. The van der Waals surface area contributed by atoms with Gasteiger partial charge < -0.3 is 10.4 Å². The van der Waals surface area contributed by atoms with E-state index in [0.29, 0.717) is 17.4 Å². The summed E-state index contributed by atoms with van der Waals surface area (Å²) in [4.78, 5) is 22.8. The highest BCUT2D eigenvalue weighted by molar-refractivity contribution is 6.31. The number of anilines is 1. The van der Waals surface area contributed by atoms with Crippen LogP contribution in [0.4, 0.5) is 5.82 Å². The van der Waals surface area contributed by atoms with Crippen LogP contribution in [-0.2, 0) is 17.9 Å². The van der Waals surface area contributed by atoms with Crippen molar-refractivity contribution in [3.05, 3.63) is 65.1 Å². The number of halogens is 1. The maximum atomic E-state index is 12.1. The second-order valence-electron chi connectivity index (χ2n) is 5.24. The minimum absolute atomic E-state index is 0.113. The van der Waals surface area contributed by atoms with Gasteiger partial charge in [-0.15, -0.1) is 0 Å². The van der Waals surface area contributed by atoms with E-state index in [1.165, 1.54) is 16.9 Å². The van der Waals surface area contributed by atoms with Gasteiger partial charge in [-0.1, -0.05) is 29.8 Å². The van der Waals surface area contributed by atoms with Crippen molar-refractivity contribution < 1.29 is 14.7 Å². The Morgan fingerprint density at radius 3 is 2.60 bits per heavy atom. The summed E-state index contributed by atoms with van der Waals surface area (Å²) in [6, 6.07) is 10.5. The molecule has 2 aromatic heterocycles. The molecule has 0 atom stereocenters. The van der Waals surface area contributed by atoms with Crippen molar-refractivity contribution in [1.82, 2.24) is 19.6 Å². The summed E-state index contributed by atoms with van der Waals surface area (Å²) in [6.45, 7) is 0.169. The highest BCUT2D eigenvalue weighted by atomic mass is 35.5. The summed E-state index contributed by atoms with van der Waals surface area (Å²) in [5.74, 6) is -1.13. The third-order valence-electron chi connectivity index (χ3n) is 3.34. The number of carboxylic acid groups (broad SMARTS) is 1. The third kappa shape index (κ3) is 4.24. The van der Waals surface area contributed by atoms with E-state index >= 15 is 0 Å². The van der Waals surface area contributed by atoms with Gasteiger partial charge in [-0.25, -0.2) is 0 Å². The average Bonchev–Trinajstić information content (AvgIpc) is 3.19. The first kappa shape index (κ1) is 16.7. The van der Waals surface area contributed by atoms with Gasteiger partial charge in [0.05, 0.1) is 6.54 Å². The molecule has 2 heterocycles. The van der Waals surface area contributed by atoms with Gasteiger partial charge in [0.1, 0.15) is 6.54 Å². The lowest BCUT2D eigenvalue weighted by Gasteiger charge is -2.04. The number of hydrogen-bond acceptors (Lipinski definition) is 4. The largest absolute Gasteiger partial charge is 0.480 e. The van der Waals surface area contributed by atoms with Crippen molar-refractivity contribution in [2.24, 2.45) is 0 Å². The normalized spacial score (nSPS) is 10.6. The second-order valence-corrected chi connectivity index (χ2v) is 5.64. The fourth-order valence-corrected chi connectivity index (χ4v) is 2.40. The average molecular weight is 360 g/mol. The van der Waals surface area contributed by atoms with Gasteiger partial charge >= 0.3 is 5.97 Å². The number of aromatic nitrogens is 4. The van der Waals surface area contributed by atoms with E-state index in [0.717, 1.165) is 5.56 Å². The highest BCUT2D eigenvalue weighted by Gasteiger charge is 2.12. The van der Waals surface area contributed by atoms with Gasteiger partial charge in [0.15, 0.2) is 11.5 Å². The molecule has 0 bridgehead atoms. The number of carbonyl (C=O) groups excluding carboxylic acids is 1. The zero-order valence-corrected chi connectivity index (χ0v) is 13.7. The number of aliphatic carboxylic acids is 1. The summed E-state index contributed by atoms with van der Waals surface area (Å²) >= 11 is 6.12. The molecule has 2 N–H and O–H groups in total. The Labute approximate surface area is 147 Å². The molecule has 0 aliphatic heterocycles. The third-order valence-corrected chi connectivity index (χ3v) is 3.71. The Kier molecular flexibility index (Phi) is 4.80. The monoisotopic (exact) mass is 359 g/mol. The summed E-state index contributed by atoms with van der Waals surface area (Å²) in [6.07, 6.45) is 3.15. The molecule has 0 aliphatic rings. The molecular weight excluding hydrogens is 346 g/mol. The zero-order chi connectivity index (χ0) is 17.8. The first-order chi connectivity index (χ1) is 12.0. The summed E-state index contributed by atoms with van der Waals surface area (Å²) in [7, 11) is 0. The number of nitrogens with one attached hydrogen (secondary N) is 1. The summed E-state index contributed by atoms with van der Waals surface area (Å²) in [5, 5.41) is 20.1. The quantitative estimate of drug-likeness (QED) is 0.701. The van der Waals surface area contributed by atoms with Gasteiger partial charge in [0, 0.05) is 23.5 Å². The Bertz CT molecular complexity index is 918. The Balaban J connectivity index is 1.65.